The lowest BCUT2D eigenvalue weighted by molar-refractivity contribution is 0.0697. The van der Waals surface area contributed by atoms with E-state index in [4.69, 9.17) is 21.3 Å². The topological polar surface area (TPSA) is 80.5 Å². The first-order chi connectivity index (χ1) is 17.4. The van der Waals surface area contributed by atoms with Crippen LogP contribution in [0.1, 0.15) is 46.1 Å². The van der Waals surface area contributed by atoms with Crippen molar-refractivity contribution in [2.45, 2.75) is 31.9 Å². The van der Waals surface area contributed by atoms with Gasteiger partial charge in [-0.15, -0.1) is 0 Å². The van der Waals surface area contributed by atoms with E-state index in [-0.39, 0.29) is 12.2 Å². The predicted octanol–water partition coefficient (Wildman–Crippen LogP) is 5.42. The van der Waals surface area contributed by atoms with Gasteiger partial charge < -0.3 is 14.4 Å². The van der Waals surface area contributed by atoms with Gasteiger partial charge in [0.2, 0.25) is 5.88 Å². The molecule has 0 amide bonds. The molecule has 0 saturated carbocycles. The number of nitrogens with zero attached hydrogens (tertiary/aromatic N) is 4. The van der Waals surface area contributed by atoms with Crippen LogP contribution in [0.3, 0.4) is 0 Å². The average Bonchev–Trinajstić information content (AvgIpc) is 3.18. The summed E-state index contributed by atoms with van der Waals surface area (Å²) in [5, 5.41) is 9.63. The van der Waals surface area contributed by atoms with Crippen LogP contribution in [0.5, 0.6) is 5.88 Å². The summed E-state index contributed by atoms with van der Waals surface area (Å²) < 4.78 is 22.1. The zero-order chi connectivity index (χ0) is 25.2. The fourth-order valence-electron chi connectivity index (χ4n) is 4.74. The Labute approximate surface area is 213 Å². The lowest BCUT2D eigenvalue weighted by atomic mass is 9.90. The standard InChI is InChI=1S/C27H26ClFN4O3/c1-32-24-13-18(27(34)35)5-7-23(24)31-25(32)15-33-11-8-17(9-12-33)21-3-2-10-30-26(21)36-16-19-4-6-20(28)14-22(19)29/h2-7,10,13-14,17H,8-9,11-12,15-16H2,1H3,(H,34,35). The van der Waals surface area contributed by atoms with E-state index >= 15 is 0 Å². The first-order valence-corrected chi connectivity index (χ1v) is 12.2. The summed E-state index contributed by atoms with van der Waals surface area (Å²) >= 11 is 5.85. The molecule has 0 aliphatic carbocycles. The van der Waals surface area contributed by atoms with Gasteiger partial charge in [-0.05, 0) is 68.2 Å². The molecule has 7 nitrogen and oxygen atoms in total. The SMILES string of the molecule is Cn1c(CN2CCC(c3cccnc3OCc3ccc(Cl)cc3F)CC2)nc2ccc(C(=O)O)cc21. The lowest BCUT2D eigenvalue weighted by Crippen LogP contribution is -2.33. The second-order valence-corrected chi connectivity index (χ2v) is 9.50. The van der Waals surface area contributed by atoms with Crippen molar-refractivity contribution in [3.8, 4) is 5.88 Å². The van der Waals surface area contributed by atoms with Crippen LogP contribution in [0.15, 0.2) is 54.7 Å². The van der Waals surface area contributed by atoms with Gasteiger partial charge in [-0.2, -0.15) is 0 Å². The van der Waals surface area contributed by atoms with Crippen molar-refractivity contribution in [2.24, 2.45) is 7.05 Å². The van der Waals surface area contributed by atoms with Crippen molar-refractivity contribution in [3.63, 3.8) is 0 Å². The highest BCUT2D eigenvalue weighted by Crippen LogP contribution is 2.34. The number of hydrogen-bond donors (Lipinski definition) is 1. The fraction of sp³-hybridized carbons (Fsp3) is 0.296. The smallest absolute Gasteiger partial charge is 0.335 e. The van der Waals surface area contributed by atoms with Crippen LogP contribution in [0.4, 0.5) is 4.39 Å². The summed E-state index contributed by atoms with van der Waals surface area (Å²) in [6.07, 6.45) is 3.56. The number of ether oxygens (including phenoxy) is 1. The van der Waals surface area contributed by atoms with Crippen molar-refractivity contribution < 1.29 is 19.0 Å². The van der Waals surface area contributed by atoms with E-state index in [0.29, 0.717) is 28.9 Å². The van der Waals surface area contributed by atoms with Gasteiger partial charge in [0.05, 0.1) is 23.1 Å². The Morgan fingerprint density at radius 2 is 2.00 bits per heavy atom. The van der Waals surface area contributed by atoms with Gasteiger partial charge in [0.25, 0.3) is 0 Å². The molecule has 186 valence electrons. The number of benzene rings is 2. The monoisotopic (exact) mass is 508 g/mol. The molecule has 5 rings (SSSR count). The molecule has 1 saturated heterocycles. The molecule has 0 unspecified atom stereocenters. The summed E-state index contributed by atoms with van der Waals surface area (Å²) in [6.45, 7) is 2.54. The molecule has 0 spiro atoms. The number of aromatic nitrogens is 3. The van der Waals surface area contributed by atoms with Gasteiger partial charge in [-0.25, -0.2) is 19.2 Å². The Morgan fingerprint density at radius 1 is 1.19 bits per heavy atom. The van der Waals surface area contributed by atoms with Crippen molar-refractivity contribution in [1.29, 1.82) is 0 Å². The molecule has 0 atom stereocenters. The molecule has 3 heterocycles. The molecule has 4 aromatic rings. The normalized spacial score (nSPS) is 14.9. The van der Waals surface area contributed by atoms with E-state index in [1.165, 1.54) is 6.07 Å². The van der Waals surface area contributed by atoms with Crippen LogP contribution < -0.4 is 4.74 Å². The minimum atomic E-state index is -0.946. The minimum Gasteiger partial charge on any atom is -0.478 e. The quantitative estimate of drug-likeness (QED) is 0.359. The maximum Gasteiger partial charge on any atom is 0.335 e. The summed E-state index contributed by atoms with van der Waals surface area (Å²) in [5.41, 5.74) is 3.33. The number of aryl methyl sites for hydroxylation is 1. The molecule has 36 heavy (non-hydrogen) atoms. The van der Waals surface area contributed by atoms with E-state index in [9.17, 15) is 14.3 Å². The second-order valence-electron chi connectivity index (χ2n) is 9.07. The second kappa shape index (κ2) is 10.2. The van der Waals surface area contributed by atoms with Crippen LogP contribution >= 0.6 is 11.6 Å². The highest BCUT2D eigenvalue weighted by Gasteiger charge is 2.25. The number of imidazole rings is 1. The molecule has 1 aliphatic heterocycles. The molecule has 1 N–H and O–H groups in total. The first-order valence-electron chi connectivity index (χ1n) is 11.8. The van der Waals surface area contributed by atoms with Crippen LogP contribution in [0, 0.1) is 5.82 Å². The molecule has 2 aromatic heterocycles. The summed E-state index contributed by atoms with van der Waals surface area (Å²) in [4.78, 5) is 22.8. The lowest BCUT2D eigenvalue weighted by Gasteiger charge is -2.32. The van der Waals surface area contributed by atoms with Crippen molar-refractivity contribution in [2.75, 3.05) is 13.1 Å². The van der Waals surface area contributed by atoms with Crippen molar-refractivity contribution in [3.05, 3.63) is 88.1 Å². The van der Waals surface area contributed by atoms with Gasteiger partial charge in [-0.3, -0.25) is 4.90 Å². The van der Waals surface area contributed by atoms with Crippen LogP contribution in [0.2, 0.25) is 5.02 Å². The van der Waals surface area contributed by atoms with Crippen LogP contribution in [0.25, 0.3) is 11.0 Å². The highest BCUT2D eigenvalue weighted by molar-refractivity contribution is 6.30. The van der Waals surface area contributed by atoms with Gasteiger partial charge in [0.15, 0.2) is 0 Å². The maximum atomic E-state index is 14.2. The third-order valence-corrected chi connectivity index (χ3v) is 7.03. The fourth-order valence-corrected chi connectivity index (χ4v) is 4.89. The van der Waals surface area contributed by atoms with Gasteiger partial charge >= 0.3 is 5.97 Å². The van der Waals surface area contributed by atoms with Gasteiger partial charge in [0, 0.05) is 29.4 Å². The number of rotatable bonds is 7. The zero-order valence-corrected chi connectivity index (χ0v) is 20.6. The average molecular weight is 509 g/mol. The van der Waals surface area contributed by atoms with E-state index < -0.39 is 11.8 Å². The maximum absolute atomic E-state index is 14.2. The largest absolute Gasteiger partial charge is 0.478 e. The summed E-state index contributed by atoms with van der Waals surface area (Å²) in [5.74, 6) is 0.392. The molecule has 9 heteroatoms. The van der Waals surface area contributed by atoms with E-state index in [1.54, 1.807) is 36.5 Å². The predicted molar refractivity (Wildman–Crippen MR) is 135 cm³/mol. The number of carboxylic acids is 1. The number of fused-ring (bicyclic) bond motifs is 1. The van der Waals surface area contributed by atoms with E-state index in [0.717, 1.165) is 48.4 Å². The van der Waals surface area contributed by atoms with E-state index in [2.05, 4.69) is 9.88 Å². The molecule has 0 bridgehead atoms. The first kappa shape index (κ1) is 24.2. The Bertz CT molecular complexity index is 1420. The molecular formula is C27H26ClFN4O3. The number of carboxylic acid groups (broad SMARTS) is 1. The van der Waals surface area contributed by atoms with Crippen molar-refractivity contribution >= 4 is 28.6 Å². The summed E-state index contributed by atoms with van der Waals surface area (Å²) in [6, 6.07) is 13.5. The Morgan fingerprint density at radius 3 is 2.75 bits per heavy atom. The number of halogens is 2. The molecule has 2 aromatic carbocycles. The van der Waals surface area contributed by atoms with Gasteiger partial charge in [0.1, 0.15) is 18.2 Å². The molecule has 1 fully saturated rings. The van der Waals surface area contributed by atoms with Gasteiger partial charge in [-0.1, -0.05) is 23.7 Å². The summed E-state index contributed by atoms with van der Waals surface area (Å²) in [7, 11) is 1.92. The number of hydrogen-bond acceptors (Lipinski definition) is 5. The molecular weight excluding hydrogens is 483 g/mol. The molecule has 0 radical (unpaired) electrons. The number of carbonyl (C=O) groups is 1. The van der Waals surface area contributed by atoms with Crippen LogP contribution in [-0.2, 0) is 20.2 Å². The Hall–Kier alpha value is -3.49. The number of piperidine rings is 1. The number of aromatic carboxylic acids is 1. The zero-order valence-electron chi connectivity index (χ0n) is 19.8. The Kier molecular flexibility index (Phi) is 6.89. The Balaban J connectivity index is 1.23. The minimum absolute atomic E-state index is 0.0855. The third kappa shape index (κ3) is 5.05. The highest BCUT2D eigenvalue weighted by atomic mass is 35.5. The number of likely N-dealkylation sites (tertiary alicyclic amines) is 1. The number of pyridine rings is 1. The molecule has 1 aliphatic rings. The van der Waals surface area contributed by atoms with Crippen LogP contribution in [-0.4, -0.2) is 43.6 Å². The van der Waals surface area contributed by atoms with E-state index in [1.807, 2.05) is 23.7 Å². The van der Waals surface area contributed by atoms with Crippen molar-refractivity contribution in [1.82, 2.24) is 19.4 Å². The third-order valence-electron chi connectivity index (χ3n) is 6.79.